The minimum absolute atomic E-state index is 0. The molecule has 2 unspecified atom stereocenters. The Morgan fingerprint density at radius 1 is 0.625 bits per heavy atom. The first-order valence-electron chi connectivity index (χ1n) is 6.35. The van der Waals surface area contributed by atoms with Crippen LogP contribution in [0.2, 0.25) is 0 Å². The maximum Gasteiger partial charge on any atom is 1.00 e. The fourth-order valence-corrected chi connectivity index (χ4v) is 0. The minimum Gasteiger partial charge on any atom is -0.773 e. The minimum atomic E-state index is -3.92. The maximum atomic E-state index is 9.56. The molecule has 0 aliphatic carbocycles. The van der Waals surface area contributed by atoms with E-state index >= 15 is 0 Å². The van der Waals surface area contributed by atoms with Crippen LogP contribution in [0.5, 0.6) is 0 Å². The SMILES string of the molecule is C.C.C.C.C.C.CCS(=O)(=O)O.CCS(=O)(=O)O.CS(=O)(=O)O.CS(=O)(=O)[O-].CS(=O)O.CS(=O)[O-].[CH3-].[Na+].[Na+].[Na+]. The van der Waals surface area contributed by atoms with Crippen LogP contribution in [0, 0.1) is 7.43 Å². The molecule has 0 fully saturated rings. The number of rotatable bonds is 2. The molecule has 0 radical (unpaired) electrons. The van der Waals surface area contributed by atoms with Crippen molar-refractivity contribution in [3.8, 4) is 0 Å². The van der Waals surface area contributed by atoms with Gasteiger partial charge in [-0.3, -0.25) is 17.9 Å². The molecule has 2 atom stereocenters. The normalized spacial score (nSPS) is 9.50. The molecular weight excluding hydrogens is 698 g/mol. The molecule has 0 heterocycles. The van der Waals surface area contributed by atoms with Gasteiger partial charge in [-0.2, -0.15) is 25.3 Å². The van der Waals surface area contributed by atoms with Crippen LogP contribution < -0.4 is 88.7 Å². The Morgan fingerprint density at radius 3 is 0.650 bits per heavy atom. The summed E-state index contributed by atoms with van der Waals surface area (Å²) >= 11 is -3.47. The third-order valence-corrected chi connectivity index (χ3v) is 2.19. The summed E-state index contributed by atoms with van der Waals surface area (Å²) in [5, 5.41) is 0. The van der Waals surface area contributed by atoms with Gasteiger partial charge in [-0.1, -0.05) is 55.6 Å². The second-order valence-corrected chi connectivity index (χ2v) is 12.0. The van der Waals surface area contributed by atoms with Crippen molar-refractivity contribution in [1.82, 2.24) is 0 Å². The molecule has 0 bridgehead atoms. The predicted molar refractivity (Wildman–Crippen MR) is 156 cm³/mol. The van der Waals surface area contributed by atoms with E-state index in [0.717, 1.165) is 6.26 Å². The van der Waals surface area contributed by atoms with E-state index in [1.807, 2.05) is 0 Å². The van der Waals surface area contributed by atoms with Crippen molar-refractivity contribution in [2.75, 3.05) is 36.5 Å². The summed E-state index contributed by atoms with van der Waals surface area (Å²) in [6, 6.07) is 0. The summed E-state index contributed by atoms with van der Waals surface area (Å²) in [6.07, 6.45) is 3.60. The van der Waals surface area contributed by atoms with E-state index in [2.05, 4.69) is 0 Å². The maximum absolute atomic E-state index is 9.56. The van der Waals surface area contributed by atoms with Crippen LogP contribution in [0.1, 0.15) is 58.4 Å². The quantitative estimate of drug-likeness (QED) is 0.0882. The molecule has 0 saturated carbocycles. The summed E-state index contributed by atoms with van der Waals surface area (Å²) < 4.78 is 142. The second-order valence-electron chi connectivity index (χ2n) is 4.00. The first kappa shape index (κ1) is 104. The summed E-state index contributed by atoms with van der Waals surface area (Å²) in [5.74, 6) is -0.403. The van der Waals surface area contributed by atoms with E-state index in [0.29, 0.717) is 12.5 Å². The Kier molecular flexibility index (Phi) is 150. The van der Waals surface area contributed by atoms with Crippen molar-refractivity contribution < 1.29 is 158 Å². The molecule has 16 nitrogen and oxygen atoms in total. The van der Waals surface area contributed by atoms with Gasteiger partial charge in [0.05, 0.1) is 27.9 Å². The van der Waals surface area contributed by atoms with Gasteiger partial charge >= 0.3 is 88.7 Å². The topological polar surface area (TPSA) is 298 Å². The summed E-state index contributed by atoms with van der Waals surface area (Å²) in [7, 11) is -14.9. The van der Waals surface area contributed by atoms with Crippen molar-refractivity contribution >= 4 is 62.6 Å². The summed E-state index contributed by atoms with van der Waals surface area (Å²) in [6.45, 7) is 2.74. The zero-order chi connectivity index (χ0) is 26.6. The second kappa shape index (κ2) is 57.5. The fourth-order valence-electron chi connectivity index (χ4n) is 0. The van der Waals surface area contributed by atoms with E-state index < -0.39 is 62.6 Å². The summed E-state index contributed by atoms with van der Waals surface area (Å²) in [5.41, 5.74) is 0. The Morgan fingerprint density at radius 2 is 0.650 bits per heavy atom. The molecule has 25 heteroatoms. The molecule has 248 valence electrons. The van der Waals surface area contributed by atoms with Crippen molar-refractivity contribution in [2.45, 2.75) is 58.4 Å². The van der Waals surface area contributed by atoms with E-state index in [1.165, 1.54) is 20.1 Å². The van der Waals surface area contributed by atoms with Gasteiger partial charge < -0.3 is 21.1 Å². The predicted octanol–water partition coefficient (Wildman–Crippen LogP) is -6.93. The Labute approximate surface area is 318 Å². The summed E-state index contributed by atoms with van der Waals surface area (Å²) in [4.78, 5) is 0. The van der Waals surface area contributed by atoms with Gasteiger partial charge in [0, 0.05) is 12.5 Å². The Balaban J connectivity index is -0.0000000118. The van der Waals surface area contributed by atoms with Gasteiger partial charge in [-0.15, -0.1) is 0 Å². The number of hydrogen-bond acceptors (Lipinski definition) is 12. The smallest absolute Gasteiger partial charge is 0.773 e. The van der Waals surface area contributed by atoms with Crippen LogP contribution in [-0.2, 0) is 62.6 Å². The van der Waals surface area contributed by atoms with E-state index in [-0.39, 0.29) is 152 Å². The van der Waals surface area contributed by atoms with Gasteiger partial charge in [0.1, 0.15) is 11.1 Å². The fraction of sp³-hybridized carbons (Fsp3) is 0.933. The average Bonchev–Trinajstić information content (AvgIpc) is 2.32. The average molecular weight is 751 g/mol. The molecule has 40 heavy (non-hydrogen) atoms. The van der Waals surface area contributed by atoms with Gasteiger partial charge in [-0.25, -0.2) is 12.6 Å². The van der Waals surface area contributed by atoms with E-state index in [1.54, 1.807) is 0 Å². The molecule has 0 aromatic heterocycles. The van der Waals surface area contributed by atoms with Crippen molar-refractivity contribution in [3.63, 3.8) is 0 Å². The standard InChI is InChI=1S/2C2H6O3S.2CH4O3S.2CH4O2S.6CH4.CH3.3Na/c2*1-2-6(3,4)5;2*1-5(2,3)4;2*1-4(2)3;;;;;;;;;;/h2*2H2,1H3,(H,3,4,5);2*1H3,(H,2,3,4);2*1H3,(H,2,3);6*1H4;1H3;;;/q;;;;;;;;;;;;-1;3*+1/p-2. The van der Waals surface area contributed by atoms with Crippen molar-refractivity contribution in [1.29, 1.82) is 0 Å². The zero-order valence-electron chi connectivity index (χ0n) is 20.6. The van der Waals surface area contributed by atoms with Gasteiger partial charge in [0.15, 0.2) is 0 Å². The Hall–Kier alpha value is 2.86. The van der Waals surface area contributed by atoms with Crippen molar-refractivity contribution in [3.05, 3.63) is 7.43 Å². The molecule has 4 N–H and O–H groups in total. The van der Waals surface area contributed by atoms with E-state index in [4.69, 9.17) is 44.2 Å². The molecular formula is C15H53Na3O16S6. The molecule has 0 spiro atoms. The Bertz CT molecular complexity index is 779. The first-order chi connectivity index (χ1) is 12.6. The van der Waals surface area contributed by atoms with Crippen LogP contribution in [0.3, 0.4) is 0 Å². The van der Waals surface area contributed by atoms with Crippen LogP contribution >= 0.6 is 0 Å². The van der Waals surface area contributed by atoms with Crippen LogP contribution in [0.15, 0.2) is 0 Å². The van der Waals surface area contributed by atoms with Crippen LogP contribution in [0.25, 0.3) is 0 Å². The number of hydrogen-bond donors (Lipinski definition) is 4. The molecule has 0 aliphatic heterocycles. The van der Waals surface area contributed by atoms with Crippen LogP contribution in [0.4, 0.5) is 0 Å². The molecule has 0 saturated heterocycles. The van der Waals surface area contributed by atoms with Gasteiger partial charge in [0.2, 0.25) is 0 Å². The van der Waals surface area contributed by atoms with Gasteiger partial charge in [0.25, 0.3) is 30.4 Å². The molecule has 0 rings (SSSR count). The monoisotopic (exact) mass is 750 g/mol. The third-order valence-electron chi connectivity index (χ3n) is 0.730. The van der Waals surface area contributed by atoms with Gasteiger partial charge in [-0.05, 0) is 20.1 Å². The molecule has 0 aromatic carbocycles. The van der Waals surface area contributed by atoms with Crippen LogP contribution in [-0.4, -0.2) is 106 Å². The molecule has 0 amide bonds. The molecule has 0 aliphatic rings. The van der Waals surface area contributed by atoms with Crippen molar-refractivity contribution in [2.24, 2.45) is 0 Å². The molecule has 0 aromatic rings. The largest absolute Gasteiger partial charge is 1.00 e. The first-order valence-corrected chi connectivity index (χ1v) is 16.2. The van der Waals surface area contributed by atoms with E-state index in [9.17, 15) is 25.3 Å². The zero-order valence-corrected chi connectivity index (χ0v) is 31.5. The third kappa shape index (κ3) is 827.